The van der Waals surface area contributed by atoms with E-state index in [1.54, 1.807) is 26.5 Å². The van der Waals surface area contributed by atoms with Crippen LogP contribution in [0.1, 0.15) is 16.1 Å². The molecule has 142 valence electrons. The van der Waals surface area contributed by atoms with Gasteiger partial charge in [-0.25, -0.2) is 4.98 Å². The molecule has 0 spiro atoms. The molecule has 0 atom stereocenters. The topological polar surface area (TPSA) is 90.6 Å². The molecular weight excluding hydrogens is 378 g/mol. The molecule has 1 amide bonds. The molecule has 8 nitrogen and oxygen atoms in total. The molecular formula is C19H17N5O3S. The van der Waals surface area contributed by atoms with Crippen LogP contribution in [-0.2, 0) is 0 Å². The summed E-state index contributed by atoms with van der Waals surface area (Å²) in [4.78, 5) is 16.8. The molecule has 0 fully saturated rings. The molecule has 9 heteroatoms. The van der Waals surface area contributed by atoms with E-state index in [4.69, 9.17) is 9.47 Å². The number of ether oxygens (including phenoxy) is 2. The maximum absolute atomic E-state index is 12.5. The third-order valence-corrected chi connectivity index (χ3v) is 5.00. The van der Waals surface area contributed by atoms with Gasteiger partial charge in [0.05, 0.1) is 14.2 Å². The Kier molecular flexibility index (Phi) is 4.66. The average molecular weight is 395 g/mol. The summed E-state index contributed by atoms with van der Waals surface area (Å²) in [6.07, 6.45) is 3.60. The second kappa shape index (κ2) is 7.28. The number of aromatic nitrogens is 4. The number of hydrogen-bond donors (Lipinski definition) is 1. The first-order valence-corrected chi connectivity index (χ1v) is 9.21. The first-order valence-electron chi connectivity index (χ1n) is 8.40. The van der Waals surface area contributed by atoms with Crippen molar-refractivity contribution in [3.63, 3.8) is 0 Å². The number of methoxy groups -OCH3 is 2. The fourth-order valence-corrected chi connectivity index (χ4v) is 3.47. The molecule has 1 N–H and O–H groups in total. The van der Waals surface area contributed by atoms with Crippen LogP contribution < -0.4 is 14.8 Å². The van der Waals surface area contributed by atoms with Crippen molar-refractivity contribution in [2.75, 3.05) is 19.5 Å². The van der Waals surface area contributed by atoms with Gasteiger partial charge >= 0.3 is 0 Å². The predicted molar refractivity (Wildman–Crippen MR) is 106 cm³/mol. The zero-order valence-electron chi connectivity index (χ0n) is 15.5. The number of fused-ring (bicyclic) bond motifs is 1. The normalized spacial score (nSPS) is 10.8. The van der Waals surface area contributed by atoms with E-state index in [1.807, 2.05) is 41.8 Å². The van der Waals surface area contributed by atoms with Gasteiger partial charge in [0.1, 0.15) is 16.3 Å². The lowest BCUT2D eigenvalue weighted by molar-refractivity contribution is 0.102. The van der Waals surface area contributed by atoms with Gasteiger partial charge in [0, 0.05) is 18.0 Å². The minimum Gasteiger partial charge on any atom is -0.493 e. The second-order valence-corrected chi connectivity index (χ2v) is 7.01. The number of imidazole rings is 1. The molecule has 0 bridgehead atoms. The summed E-state index contributed by atoms with van der Waals surface area (Å²) in [5.74, 6) is 0.892. The number of hydrogen-bond acceptors (Lipinski definition) is 7. The molecule has 0 aliphatic carbocycles. The highest BCUT2D eigenvalue weighted by Gasteiger charge is 2.15. The molecule has 0 unspecified atom stereocenters. The monoisotopic (exact) mass is 395 g/mol. The van der Waals surface area contributed by atoms with Crippen LogP contribution in [0.3, 0.4) is 0 Å². The Labute approximate surface area is 164 Å². The molecule has 3 heterocycles. The molecule has 0 saturated heterocycles. The van der Waals surface area contributed by atoms with Crippen molar-refractivity contribution in [2.24, 2.45) is 0 Å². The number of pyridine rings is 1. The Morgan fingerprint density at radius 3 is 2.68 bits per heavy atom. The summed E-state index contributed by atoms with van der Waals surface area (Å²) in [6, 6.07) is 9.29. The van der Waals surface area contributed by atoms with Gasteiger partial charge in [-0.05, 0) is 36.8 Å². The standard InChI is InChI=1S/C19H17N5O3S/c1-11-4-7-16-20-13(10-24(16)9-11)17(25)21-19-23-22-18(28-19)12-5-6-14(26-2)15(8-12)27-3/h4-10H,1-3H3,(H,21,23,25). The highest BCUT2D eigenvalue weighted by Crippen LogP contribution is 2.34. The van der Waals surface area contributed by atoms with Gasteiger partial charge < -0.3 is 13.9 Å². The van der Waals surface area contributed by atoms with E-state index in [1.165, 1.54) is 11.3 Å². The summed E-state index contributed by atoms with van der Waals surface area (Å²) < 4.78 is 12.4. The van der Waals surface area contributed by atoms with Gasteiger partial charge in [-0.15, -0.1) is 10.2 Å². The molecule has 3 aromatic heterocycles. The van der Waals surface area contributed by atoms with E-state index >= 15 is 0 Å². The highest BCUT2D eigenvalue weighted by atomic mass is 32.1. The molecule has 28 heavy (non-hydrogen) atoms. The van der Waals surface area contributed by atoms with E-state index in [9.17, 15) is 4.79 Å². The zero-order valence-corrected chi connectivity index (χ0v) is 16.3. The van der Waals surface area contributed by atoms with Crippen molar-refractivity contribution >= 4 is 28.0 Å². The Bertz CT molecular complexity index is 1170. The van der Waals surface area contributed by atoms with E-state index in [2.05, 4.69) is 20.5 Å². The van der Waals surface area contributed by atoms with Crippen molar-refractivity contribution in [2.45, 2.75) is 6.92 Å². The second-order valence-electron chi connectivity index (χ2n) is 6.03. The van der Waals surface area contributed by atoms with Crippen molar-refractivity contribution in [1.82, 2.24) is 19.6 Å². The molecule has 0 saturated carbocycles. The van der Waals surface area contributed by atoms with Crippen LogP contribution in [-0.4, -0.2) is 39.7 Å². The SMILES string of the molecule is COc1ccc(-c2nnc(NC(=O)c3cn4cc(C)ccc4n3)s2)cc1OC. The fourth-order valence-electron chi connectivity index (χ4n) is 2.73. The van der Waals surface area contributed by atoms with Crippen LogP contribution in [0.4, 0.5) is 5.13 Å². The number of amides is 1. The molecule has 4 rings (SSSR count). The van der Waals surface area contributed by atoms with Gasteiger partial charge in [0.25, 0.3) is 5.91 Å². The summed E-state index contributed by atoms with van der Waals surface area (Å²) in [6.45, 7) is 1.98. The van der Waals surface area contributed by atoms with Crippen LogP contribution in [0.15, 0.2) is 42.7 Å². The average Bonchev–Trinajstić information content (AvgIpc) is 3.34. The molecule has 0 radical (unpaired) electrons. The largest absolute Gasteiger partial charge is 0.493 e. The number of carbonyl (C=O) groups is 1. The Morgan fingerprint density at radius 2 is 1.89 bits per heavy atom. The Balaban J connectivity index is 1.55. The molecule has 1 aromatic carbocycles. The lowest BCUT2D eigenvalue weighted by Crippen LogP contribution is -2.12. The maximum Gasteiger partial charge on any atom is 0.277 e. The summed E-state index contributed by atoms with van der Waals surface area (Å²) in [5, 5.41) is 12.0. The Hall–Kier alpha value is -3.46. The van der Waals surface area contributed by atoms with Gasteiger partial charge in [-0.2, -0.15) is 0 Å². The molecule has 0 aliphatic rings. The van der Waals surface area contributed by atoms with Crippen molar-refractivity contribution in [3.05, 3.63) is 54.0 Å². The van der Waals surface area contributed by atoms with Crippen LogP contribution >= 0.6 is 11.3 Å². The van der Waals surface area contributed by atoms with Crippen LogP contribution in [0.2, 0.25) is 0 Å². The number of nitrogens with zero attached hydrogens (tertiary/aromatic N) is 4. The van der Waals surface area contributed by atoms with Crippen LogP contribution in [0.25, 0.3) is 16.2 Å². The number of rotatable bonds is 5. The van der Waals surface area contributed by atoms with E-state index in [-0.39, 0.29) is 5.91 Å². The number of carbonyl (C=O) groups excluding carboxylic acids is 1. The van der Waals surface area contributed by atoms with Crippen LogP contribution in [0.5, 0.6) is 11.5 Å². The van der Waals surface area contributed by atoms with Crippen molar-refractivity contribution in [3.8, 4) is 22.1 Å². The van der Waals surface area contributed by atoms with E-state index in [0.29, 0.717) is 33.0 Å². The minimum absolute atomic E-state index is 0.313. The third-order valence-electron chi connectivity index (χ3n) is 4.11. The maximum atomic E-state index is 12.5. The first kappa shape index (κ1) is 17.9. The third kappa shape index (κ3) is 3.39. The lowest BCUT2D eigenvalue weighted by atomic mass is 10.2. The van der Waals surface area contributed by atoms with E-state index in [0.717, 1.165) is 11.1 Å². The van der Waals surface area contributed by atoms with Crippen molar-refractivity contribution in [1.29, 1.82) is 0 Å². The van der Waals surface area contributed by atoms with E-state index < -0.39 is 0 Å². The van der Waals surface area contributed by atoms with Gasteiger partial charge in [-0.1, -0.05) is 17.4 Å². The first-order chi connectivity index (χ1) is 13.6. The van der Waals surface area contributed by atoms with Gasteiger partial charge in [0.15, 0.2) is 11.5 Å². The number of nitrogens with one attached hydrogen (secondary N) is 1. The minimum atomic E-state index is -0.337. The summed E-state index contributed by atoms with van der Waals surface area (Å²) in [7, 11) is 3.15. The lowest BCUT2D eigenvalue weighted by Gasteiger charge is -2.07. The van der Waals surface area contributed by atoms with Gasteiger partial charge in [0.2, 0.25) is 5.13 Å². The number of benzene rings is 1. The zero-order chi connectivity index (χ0) is 19.7. The summed E-state index contributed by atoms with van der Waals surface area (Å²) >= 11 is 1.27. The van der Waals surface area contributed by atoms with Crippen LogP contribution in [0, 0.1) is 6.92 Å². The number of aryl methyl sites for hydroxylation is 1. The number of anilines is 1. The van der Waals surface area contributed by atoms with Gasteiger partial charge in [-0.3, -0.25) is 10.1 Å². The Morgan fingerprint density at radius 1 is 1.07 bits per heavy atom. The highest BCUT2D eigenvalue weighted by molar-refractivity contribution is 7.18. The molecule has 4 aromatic rings. The fraction of sp³-hybridized carbons (Fsp3) is 0.158. The predicted octanol–water partition coefficient (Wildman–Crippen LogP) is 3.43. The quantitative estimate of drug-likeness (QED) is 0.557. The smallest absolute Gasteiger partial charge is 0.277 e. The summed E-state index contributed by atoms with van der Waals surface area (Å²) in [5.41, 5.74) is 2.92. The van der Waals surface area contributed by atoms with Crippen molar-refractivity contribution < 1.29 is 14.3 Å². The molecule has 0 aliphatic heterocycles.